The minimum atomic E-state index is -0.166. The maximum Gasteiger partial charge on any atom is 0.0844 e. The van der Waals surface area contributed by atoms with E-state index in [0.717, 1.165) is 20.1 Å². The molecule has 0 N–H and O–H groups in total. The molecule has 0 spiro atoms. The van der Waals surface area contributed by atoms with E-state index in [9.17, 15) is 0 Å². The number of benzene rings is 3. The van der Waals surface area contributed by atoms with Gasteiger partial charge < -0.3 is 0 Å². The van der Waals surface area contributed by atoms with Gasteiger partial charge >= 0.3 is 0 Å². The van der Waals surface area contributed by atoms with Crippen molar-refractivity contribution in [1.29, 1.82) is 0 Å². The lowest BCUT2D eigenvalue weighted by atomic mass is 9.96. The Balaban J connectivity index is 2.20. The highest BCUT2D eigenvalue weighted by atomic mass is 79.9. The zero-order valence-electron chi connectivity index (χ0n) is 11.4. The number of halogens is 3. The van der Waals surface area contributed by atoms with E-state index in [1.807, 2.05) is 12.1 Å². The summed E-state index contributed by atoms with van der Waals surface area (Å²) in [7, 11) is 0. The van der Waals surface area contributed by atoms with Crippen molar-refractivity contribution in [3.05, 3.63) is 80.2 Å². The lowest BCUT2D eigenvalue weighted by molar-refractivity contribution is 1.12. The number of alkyl halides is 1. The first-order valence-electron chi connectivity index (χ1n) is 6.65. The number of rotatable bonds is 2. The summed E-state index contributed by atoms with van der Waals surface area (Å²) < 4.78 is 2.15. The maximum absolute atomic E-state index is 6.80. The summed E-state index contributed by atoms with van der Waals surface area (Å²) >= 11 is 13.9. The normalized spacial score (nSPS) is 12.6. The van der Waals surface area contributed by atoms with Gasteiger partial charge in [-0.1, -0.05) is 68.3 Å². The van der Waals surface area contributed by atoms with E-state index in [4.69, 9.17) is 11.6 Å². The molecule has 0 aliphatic heterocycles. The first-order valence-corrected chi connectivity index (χ1v) is 8.67. The van der Waals surface area contributed by atoms with Crippen molar-refractivity contribution < 1.29 is 0 Å². The van der Waals surface area contributed by atoms with Crippen molar-refractivity contribution >= 4 is 54.2 Å². The molecule has 0 saturated carbocycles. The smallest absolute Gasteiger partial charge is 0.0844 e. The summed E-state index contributed by atoms with van der Waals surface area (Å²) in [6.45, 7) is 2.10. The largest absolute Gasteiger partial charge is 0.113 e. The molecule has 106 valence electrons. The maximum atomic E-state index is 6.80. The van der Waals surface area contributed by atoms with Crippen LogP contribution in [-0.4, -0.2) is 0 Å². The fraction of sp³-hybridized carbons (Fsp3) is 0.111. The van der Waals surface area contributed by atoms with Gasteiger partial charge in [0.2, 0.25) is 0 Å². The van der Waals surface area contributed by atoms with Gasteiger partial charge in [0.15, 0.2) is 0 Å². The fourth-order valence-electron chi connectivity index (χ4n) is 2.56. The number of aryl methyl sites for hydroxylation is 1. The van der Waals surface area contributed by atoms with Gasteiger partial charge in [-0.3, -0.25) is 0 Å². The van der Waals surface area contributed by atoms with Crippen LogP contribution in [0.25, 0.3) is 10.8 Å². The van der Waals surface area contributed by atoms with Gasteiger partial charge in [0.05, 0.1) is 5.38 Å². The summed E-state index contributed by atoms with van der Waals surface area (Å²) in [5, 5.41) is 2.21. The highest BCUT2D eigenvalue weighted by molar-refractivity contribution is 9.11. The molecule has 0 bridgehead atoms. The molecule has 0 radical (unpaired) electrons. The third-order valence-corrected chi connectivity index (χ3v) is 5.35. The molecule has 0 saturated heterocycles. The first-order chi connectivity index (χ1) is 10.1. The molecule has 0 aliphatic carbocycles. The van der Waals surface area contributed by atoms with E-state index >= 15 is 0 Å². The van der Waals surface area contributed by atoms with Crippen molar-refractivity contribution in [2.45, 2.75) is 12.3 Å². The molecule has 1 atom stereocenters. The van der Waals surface area contributed by atoms with Crippen LogP contribution in [0.3, 0.4) is 0 Å². The van der Waals surface area contributed by atoms with E-state index in [1.54, 1.807) is 0 Å². The molecule has 0 aromatic heterocycles. The zero-order chi connectivity index (χ0) is 15.0. The fourth-order valence-corrected chi connectivity index (χ4v) is 3.84. The Morgan fingerprint density at radius 2 is 1.57 bits per heavy atom. The van der Waals surface area contributed by atoms with Gasteiger partial charge in [0, 0.05) is 8.95 Å². The molecule has 21 heavy (non-hydrogen) atoms. The van der Waals surface area contributed by atoms with Crippen LogP contribution in [0.1, 0.15) is 22.1 Å². The van der Waals surface area contributed by atoms with E-state index in [2.05, 4.69) is 81.2 Å². The van der Waals surface area contributed by atoms with Gasteiger partial charge in [-0.2, -0.15) is 0 Å². The summed E-state index contributed by atoms with van der Waals surface area (Å²) in [6.07, 6.45) is 0. The van der Waals surface area contributed by atoms with Crippen molar-refractivity contribution in [3.8, 4) is 0 Å². The predicted molar refractivity (Wildman–Crippen MR) is 98.2 cm³/mol. The molecular formula is C18H13Br2Cl. The summed E-state index contributed by atoms with van der Waals surface area (Å²) in [5.74, 6) is 0. The van der Waals surface area contributed by atoms with E-state index in [1.165, 1.54) is 16.3 Å². The van der Waals surface area contributed by atoms with Gasteiger partial charge in [0.1, 0.15) is 0 Å². The van der Waals surface area contributed by atoms with E-state index < -0.39 is 0 Å². The lowest BCUT2D eigenvalue weighted by Crippen LogP contribution is -1.98. The second-order valence-electron chi connectivity index (χ2n) is 5.05. The standard InChI is InChI=1S/C18H13Br2Cl/c1-11-6-7-12(19)10-16(11)18(21)15-8-9-17(20)14-5-3-2-4-13(14)15/h2-10,18H,1H3. The average Bonchev–Trinajstić information content (AvgIpc) is 2.50. The Hall–Kier alpha value is -0.830. The second kappa shape index (κ2) is 6.12. The minimum absolute atomic E-state index is 0.166. The molecule has 0 amide bonds. The molecule has 3 rings (SSSR count). The Morgan fingerprint density at radius 3 is 2.33 bits per heavy atom. The van der Waals surface area contributed by atoms with Crippen LogP contribution in [0.2, 0.25) is 0 Å². The Kier molecular flexibility index (Phi) is 4.39. The van der Waals surface area contributed by atoms with Crippen LogP contribution < -0.4 is 0 Å². The molecule has 1 unspecified atom stereocenters. The third kappa shape index (κ3) is 2.90. The van der Waals surface area contributed by atoms with Crippen molar-refractivity contribution in [1.82, 2.24) is 0 Å². The zero-order valence-corrected chi connectivity index (χ0v) is 15.3. The first kappa shape index (κ1) is 15.1. The van der Waals surface area contributed by atoms with Crippen LogP contribution >= 0.6 is 43.5 Å². The molecule has 0 aliphatic rings. The topological polar surface area (TPSA) is 0 Å². The monoisotopic (exact) mass is 422 g/mol. The van der Waals surface area contributed by atoms with E-state index in [0.29, 0.717) is 0 Å². The van der Waals surface area contributed by atoms with Crippen molar-refractivity contribution in [3.63, 3.8) is 0 Å². The van der Waals surface area contributed by atoms with Crippen molar-refractivity contribution in [2.24, 2.45) is 0 Å². The molecule has 0 fully saturated rings. The Bertz CT molecular complexity index is 811. The molecule has 3 aromatic carbocycles. The molecule has 0 nitrogen and oxygen atoms in total. The van der Waals surface area contributed by atoms with Gasteiger partial charge in [-0.15, -0.1) is 11.6 Å². The molecule has 0 heterocycles. The van der Waals surface area contributed by atoms with Gasteiger partial charge in [-0.05, 0) is 52.6 Å². The van der Waals surface area contributed by atoms with Crippen molar-refractivity contribution in [2.75, 3.05) is 0 Å². The predicted octanol–water partition coefficient (Wildman–Crippen LogP) is 7.00. The molecular weight excluding hydrogens is 411 g/mol. The van der Waals surface area contributed by atoms with E-state index in [-0.39, 0.29) is 5.38 Å². The van der Waals surface area contributed by atoms with Gasteiger partial charge in [0.25, 0.3) is 0 Å². The van der Waals surface area contributed by atoms with Crippen LogP contribution in [0, 0.1) is 6.92 Å². The lowest BCUT2D eigenvalue weighted by Gasteiger charge is -2.16. The second-order valence-corrected chi connectivity index (χ2v) is 7.25. The Morgan fingerprint density at radius 1 is 0.857 bits per heavy atom. The highest BCUT2D eigenvalue weighted by Gasteiger charge is 2.17. The summed E-state index contributed by atoms with van der Waals surface area (Å²) in [6, 6.07) is 18.7. The third-order valence-electron chi connectivity index (χ3n) is 3.69. The SMILES string of the molecule is Cc1ccc(Br)cc1C(Cl)c1ccc(Br)c2ccccc12. The summed E-state index contributed by atoms with van der Waals surface area (Å²) in [4.78, 5) is 0. The number of hydrogen-bond donors (Lipinski definition) is 0. The molecule has 3 aromatic rings. The number of fused-ring (bicyclic) bond motifs is 1. The minimum Gasteiger partial charge on any atom is -0.113 e. The highest BCUT2D eigenvalue weighted by Crippen LogP contribution is 2.38. The summed E-state index contributed by atoms with van der Waals surface area (Å²) in [5.41, 5.74) is 3.47. The Labute approximate surface area is 146 Å². The van der Waals surface area contributed by atoms with Crippen LogP contribution in [0.5, 0.6) is 0 Å². The number of hydrogen-bond acceptors (Lipinski definition) is 0. The average molecular weight is 425 g/mol. The molecule has 3 heteroatoms. The van der Waals surface area contributed by atoms with Crippen LogP contribution in [0.15, 0.2) is 63.5 Å². The quantitative estimate of drug-likeness (QED) is 0.389. The van der Waals surface area contributed by atoms with Crippen LogP contribution in [0.4, 0.5) is 0 Å². The van der Waals surface area contributed by atoms with Crippen LogP contribution in [-0.2, 0) is 0 Å². The van der Waals surface area contributed by atoms with Gasteiger partial charge in [-0.25, -0.2) is 0 Å².